The zero-order chi connectivity index (χ0) is 12.8. The summed E-state index contributed by atoms with van der Waals surface area (Å²) in [4.78, 5) is 0. The van der Waals surface area contributed by atoms with Crippen molar-refractivity contribution in [1.82, 2.24) is 0 Å². The third-order valence-corrected chi connectivity index (χ3v) is 3.50. The monoisotopic (exact) mass is 264 g/mol. The molecule has 1 aliphatic rings. The van der Waals surface area contributed by atoms with Crippen molar-refractivity contribution in [2.75, 3.05) is 18.5 Å². The Kier molecular flexibility index (Phi) is 4.86. The lowest BCUT2D eigenvalue weighted by Crippen LogP contribution is -2.22. The zero-order valence-electron chi connectivity index (χ0n) is 10.3. The second-order valence-electron chi connectivity index (χ2n) is 4.48. The molecule has 96 valence electrons. The van der Waals surface area contributed by atoms with Crippen molar-refractivity contribution >= 4 is 17.3 Å². The van der Waals surface area contributed by atoms with Gasteiger partial charge in [-0.1, -0.05) is 17.7 Å². The van der Waals surface area contributed by atoms with Crippen molar-refractivity contribution in [1.29, 1.82) is 5.26 Å². The minimum absolute atomic E-state index is 0.357. The Labute approximate surface area is 113 Å². The van der Waals surface area contributed by atoms with Gasteiger partial charge in [-0.15, -0.1) is 0 Å². The molecule has 1 N–H and O–H groups in total. The van der Waals surface area contributed by atoms with Crippen LogP contribution in [0, 0.1) is 11.3 Å². The highest BCUT2D eigenvalue weighted by Crippen LogP contribution is 2.23. The van der Waals surface area contributed by atoms with Crippen LogP contribution in [0.3, 0.4) is 0 Å². The Bertz CT molecular complexity index is 436. The Morgan fingerprint density at radius 2 is 2.33 bits per heavy atom. The summed E-state index contributed by atoms with van der Waals surface area (Å²) < 4.78 is 5.67. The van der Waals surface area contributed by atoms with Crippen LogP contribution in [0.1, 0.15) is 31.2 Å². The summed E-state index contributed by atoms with van der Waals surface area (Å²) in [5.74, 6) is 0. The van der Waals surface area contributed by atoms with Crippen molar-refractivity contribution < 1.29 is 4.74 Å². The van der Waals surface area contributed by atoms with Gasteiger partial charge in [-0.2, -0.15) is 5.26 Å². The second kappa shape index (κ2) is 6.63. The normalized spacial score (nSPS) is 19.2. The molecule has 0 aromatic heterocycles. The van der Waals surface area contributed by atoms with E-state index in [1.807, 2.05) is 12.1 Å². The van der Waals surface area contributed by atoms with Gasteiger partial charge in [-0.05, 0) is 37.8 Å². The van der Waals surface area contributed by atoms with Crippen LogP contribution in [0.25, 0.3) is 0 Å². The predicted molar refractivity (Wildman–Crippen MR) is 72.9 cm³/mol. The van der Waals surface area contributed by atoms with E-state index in [0.717, 1.165) is 31.7 Å². The summed E-state index contributed by atoms with van der Waals surface area (Å²) in [6.45, 7) is 1.69. The van der Waals surface area contributed by atoms with Gasteiger partial charge in [0.1, 0.15) is 6.07 Å². The van der Waals surface area contributed by atoms with Crippen LogP contribution in [0.5, 0.6) is 0 Å². The number of hydrogen-bond acceptors (Lipinski definition) is 3. The summed E-state index contributed by atoms with van der Waals surface area (Å²) >= 11 is 5.97. The van der Waals surface area contributed by atoms with Crippen molar-refractivity contribution in [2.45, 2.75) is 31.8 Å². The highest BCUT2D eigenvalue weighted by atomic mass is 35.5. The molecule has 0 amide bonds. The van der Waals surface area contributed by atoms with Crippen LogP contribution in [-0.2, 0) is 4.74 Å². The van der Waals surface area contributed by atoms with Crippen LogP contribution in [-0.4, -0.2) is 19.3 Å². The van der Waals surface area contributed by atoms with E-state index in [9.17, 15) is 0 Å². The predicted octanol–water partition coefficient (Wildman–Crippen LogP) is 3.58. The number of ether oxygens (including phenoxy) is 1. The maximum Gasteiger partial charge on any atom is 0.103 e. The Balaban J connectivity index is 1.86. The fourth-order valence-electron chi connectivity index (χ4n) is 2.19. The minimum Gasteiger partial charge on any atom is -0.384 e. The lowest BCUT2D eigenvalue weighted by molar-refractivity contribution is 0.0134. The van der Waals surface area contributed by atoms with E-state index >= 15 is 0 Å². The highest BCUT2D eigenvalue weighted by Gasteiger charge is 2.13. The zero-order valence-corrected chi connectivity index (χ0v) is 11.0. The number of halogens is 1. The molecule has 0 saturated carbocycles. The lowest BCUT2D eigenvalue weighted by atomic mass is 10.1. The van der Waals surface area contributed by atoms with Gasteiger partial charge in [0, 0.05) is 13.2 Å². The Morgan fingerprint density at radius 1 is 1.44 bits per heavy atom. The number of anilines is 1. The highest BCUT2D eigenvalue weighted by molar-refractivity contribution is 6.32. The molecule has 1 heterocycles. The molecule has 18 heavy (non-hydrogen) atoms. The molecule has 0 bridgehead atoms. The molecule has 4 heteroatoms. The third-order valence-electron chi connectivity index (χ3n) is 3.18. The summed E-state index contributed by atoms with van der Waals surface area (Å²) in [6, 6.07) is 7.59. The number of rotatable bonds is 4. The first kappa shape index (κ1) is 13.2. The molecular formula is C14H17ClN2O. The molecule has 0 aliphatic carbocycles. The van der Waals surface area contributed by atoms with Crippen LogP contribution in [0.4, 0.5) is 5.69 Å². The average molecular weight is 265 g/mol. The first-order valence-electron chi connectivity index (χ1n) is 6.35. The lowest BCUT2D eigenvalue weighted by Gasteiger charge is -2.22. The molecule has 1 unspecified atom stereocenters. The van der Waals surface area contributed by atoms with Gasteiger partial charge in [0.15, 0.2) is 0 Å². The standard InChI is InChI=1S/C14H17ClN2O/c15-13-5-3-6-14(12(13)10-16)17-8-7-11-4-1-2-9-18-11/h3,5-6,11,17H,1-2,4,7-9H2. The smallest absolute Gasteiger partial charge is 0.103 e. The summed E-state index contributed by atoms with van der Waals surface area (Å²) in [5, 5.41) is 12.8. The topological polar surface area (TPSA) is 45.0 Å². The summed E-state index contributed by atoms with van der Waals surface area (Å²) in [7, 11) is 0. The van der Waals surface area contributed by atoms with E-state index in [2.05, 4.69) is 11.4 Å². The fraction of sp³-hybridized carbons (Fsp3) is 0.500. The molecule has 0 spiro atoms. The van der Waals surface area contributed by atoms with E-state index in [1.165, 1.54) is 12.8 Å². The maximum absolute atomic E-state index is 9.05. The second-order valence-corrected chi connectivity index (χ2v) is 4.89. The summed E-state index contributed by atoms with van der Waals surface area (Å²) in [5.41, 5.74) is 1.32. The number of nitrogens with one attached hydrogen (secondary N) is 1. The van der Waals surface area contributed by atoms with Gasteiger partial charge in [0.25, 0.3) is 0 Å². The SMILES string of the molecule is N#Cc1c(Cl)cccc1NCCC1CCCCO1. The average Bonchev–Trinajstić information content (AvgIpc) is 2.40. The van der Waals surface area contributed by atoms with Gasteiger partial charge in [-0.3, -0.25) is 0 Å². The van der Waals surface area contributed by atoms with Crippen LogP contribution >= 0.6 is 11.6 Å². The first-order valence-corrected chi connectivity index (χ1v) is 6.73. The number of nitrogens with zero attached hydrogens (tertiary/aromatic N) is 1. The Morgan fingerprint density at radius 3 is 3.06 bits per heavy atom. The molecule has 3 nitrogen and oxygen atoms in total. The quantitative estimate of drug-likeness (QED) is 0.904. The van der Waals surface area contributed by atoms with E-state index in [1.54, 1.807) is 6.07 Å². The van der Waals surface area contributed by atoms with Crippen molar-refractivity contribution in [3.05, 3.63) is 28.8 Å². The number of hydrogen-bond donors (Lipinski definition) is 1. The van der Waals surface area contributed by atoms with Crippen molar-refractivity contribution in [3.8, 4) is 6.07 Å². The molecule has 1 saturated heterocycles. The van der Waals surface area contributed by atoms with Crippen molar-refractivity contribution in [3.63, 3.8) is 0 Å². The van der Waals surface area contributed by atoms with Crippen LogP contribution in [0.2, 0.25) is 5.02 Å². The number of benzene rings is 1. The van der Waals surface area contributed by atoms with Crippen molar-refractivity contribution in [2.24, 2.45) is 0 Å². The van der Waals surface area contributed by atoms with Gasteiger partial charge in [0.2, 0.25) is 0 Å². The molecule has 1 aromatic rings. The fourth-order valence-corrected chi connectivity index (χ4v) is 2.40. The molecule has 1 fully saturated rings. The van der Waals surface area contributed by atoms with E-state index < -0.39 is 0 Å². The van der Waals surface area contributed by atoms with Crippen LogP contribution < -0.4 is 5.32 Å². The van der Waals surface area contributed by atoms with Gasteiger partial charge in [0.05, 0.1) is 22.4 Å². The Hall–Kier alpha value is -1.24. The molecular weight excluding hydrogens is 248 g/mol. The van der Waals surface area contributed by atoms with Gasteiger partial charge < -0.3 is 10.1 Å². The minimum atomic E-state index is 0.357. The molecule has 1 aromatic carbocycles. The van der Waals surface area contributed by atoms with E-state index in [4.69, 9.17) is 21.6 Å². The largest absolute Gasteiger partial charge is 0.384 e. The van der Waals surface area contributed by atoms with Gasteiger partial charge in [-0.25, -0.2) is 0 Å². The van der Waals surface area contributed by atoms with Gasteiger partial charge >= 0.3 is 0 Å². The first-order chi connectivity index (χ1) is 8.81. The molecule has 1 atom stereocenters. The molecule has 1 aliphatic heterocycles. The van der Waals surface area contributed by atoms with Crippen LogP contribution in [0.15, 0.2) is 18.2 Å². The molecule has 0 radical (unpaired) electrons. The maximum atomic E-state index is 9.05. The number of nitriles is 1. The van der Waals surface area contributed by atoms with E-state index in [-0.39, 0.29) is 0 Å². The molecule has 2 rings (SSSR count). The van der Waals surface area contributed by atoms with E-state index in [0.29, 0.717) is 16.7 Å². The third kappa shape index (κ3) is 3.38. The summed E-state index contributed by atoms with van der Waals surface area (Å²) in [6.07, 6.45) is 4.90.